The number of rotatable bonds is 8. The summed E-state index contributed by atoms with van der Waals surface area (Å²) in [6.45, 7) is 5.45. The van der Waals surface area contributed by atoms with Crippen LogP contribution in [0.3, 0.4) is 0 Å². The van der Waals surface area contributed by atoms with Crippen LogP contribution in [0.5, 0.6) is 0 Å². The molecule has 0 bridgehead atoms. The van der Waals surface area contributed by atoms with Crippen LogP contribution >= 0.6 is 0 Å². The molecule has 0 atom stereocenters. The summed E-state index contributed by atoms with van der Waals surface area (Å²) in [7, 11) is 0. The molecule has 6 nitrogen and oxygen atoms in total. The molecule has 0 N–H and O–H groups in total. The Kier molecular flexibility index (Phi) is 6.89. The fraction of sp³-hybridized carbons (Fsp3) is 0.500. The lowest BCUT2D eigenvalue weighted by Gasteiger charge is -2.38. The summed E-state index contributed by atoms with van der Waals surface area (Å²) in [5.74, 6) is 1.49. The molecule has 168 valence electrons. The van der Waals surface area contributed by atoms with Gasteiger partial charge in [0, 0.05) is 62.4 Å². The molecule has 0 aromatic carbocycles. The molecule has 5 rings (SSSR count). The molecule has 1 aliphatic heterocycles. The van der Waals surface area contributed by atoms with Gasteiger partial charge in [0.15, 0.2) is 0 Å². The third kappa shape index (κ3) is 5.25. The van der Waals surface area contributed by atoms with Crippen LogP contribution in [0.4, 0.5) is 0 Å². The molecule has 0 radical (unpaired) electrons. The van der Waals surface area contributed by atoms with Crippen LogP contribution in [-0.4, -0.2) is 55.0 Å². The summed E-state index contributed by atoms with van der Waals surface area (Å²) in [5, 5.41) is 0. The van der Waals surface area contributed by atoms with E-state index in [0.717, 1.165) is 37.5 Å². The van der Waals surface area contributed by atoms with Crippen LogP contribution in [0.15, 0.2) is 61.3 Å². The molecule has 3 aromatic rings. The average molecular weight is 431 g/mol. The van der Waals surface area contributed by atoms with Gasteiger partial charge < -0.3 is 4.90 Å². The zero-order chi connectivity index (χ0) is 21.6. The highest BCUT2D eigenvalue weighted by Gasteiger charge is 2.28. The van der Waals surface area contributed by atoms with E-state index in [1.165, 1.54) is 62.9 Å². The Morgan fingerprint density at radius 2 is 1.69 bits per heavy atom. The molecule has 4 heterocycles. The molecule has 1 saturated carbocycles. The van der Waals surface area contributed by atoms with Crippen molar-refractivity contribution in [2.45, 2.75) is 57.7 Å². The Labute approximate surface area is 191 Å². The quantitative estimate of drug-likeness (QED) is 0.533. The monoisotopic (exact) mass is 430 g/mol. The fourth-order valence-corrected chi connectivity index (χ4v) is 5.46. The second-order valence-corrected chi connectivity index (χ2v) is 9.37. The molecule has 0 unspecified atom stereocenters. The van der Waals surface area contributed by atoms with Gasteiger partial charge in [-0.15, -0.1) is 0 Å². The van der Waals surface area contributed by atoms with E-state index >= 15 is 0 Å². The lowest BCUT2D eigenvalue weighted by atomic mass is 9.94. The SMILES string of the molecule is c1cnc(-n2cccc2CN(Cc2cccnc2)CC2CCN(C3CCCC3)CC2)nc1. The van der Waals surface area contributed by atoms with E-state index in [0.29, 0.717) is 0 Å². The number of likely N-dealkylation sites (tertiary alicyclic amines) is 1. The maximum absolute atomic E-state index is 4.45. The summed E-state index contributed by atoms with van der Waals surface area (Å²) >= 11 is 0. The van der Waals surface area contributed by atoms with Gasteiger partial charge in [-0.2, -0.15) is 0 Å². The first kappa shape index (κ1) is 21.3. The third-order valence-electron chi connectivity index (χ3n) is 7.12. The topological polar surface area (TPSA) is 50.1 Å². The van der Waals surface area contributed by atoms with Crippen molar-refractivity contribution >= 4 is 0 Å². The zero-order valence-corrected chi connectivity index (χ0v) is 18.9. The highest BCUT2D eigenvalue weighted by atomic mass is 15.2. The molecule has 1 saturated heterocycles. The van der Waals surface area contributed by atoms with Crippen molar-refractivity contribution in [3.05, 3.63) is 72.6 Å². The third-order valence-corrected chi connectivity index (χ3v) is 7.12. The van der Waals surface area contributed by atoms with E-state index in [4.69, 9.17) is 0 Å². The van der Waals surface area contributed by atoms with Gasteiger partial charge in [0.25, 0.3) is 0 Å². The van der Waals surface area contributed by atoms with Crippen LogP contribution in [0.2, 0.25) is 0 Å². The molecule has 0 amide bonds. The number of hydrogen-bond acceptors (Lipinski definition) is 5. The van der Waals surface area contributed by atoms with E-state index in [9.17, 15) is 0 Å². The van der Waals surface area contributed by atoms with Gasteiger partial charge in [-0.1, -0.05) is 18.9 Å². The highest BCUT2D eigenvalue weighted by molar-refractivity contribution is 5.20. The van der Waals surface area contributed by atoms with Crippen LogP contribution in [0, 0.1) is 5.92 Å². The number of pyridine rings is 1. The highest BCUT2D eigenvalue weighted by Crippen LogP contribution is 2.28. The van der Waals surface area contributed by atoms with Gasteiger partial charge in [-0.25, -0.2) is 9.97 Å². The Balaban J connectivity index is 1.27. The van der Waals surface area contributed by atoms with E-state index in [-0.39, 0.29) is 0 Å². The largest absolute Gasteiger partial charge is 0.300 e. The Morgan fingerprint density at radius 1 is 0.875 bits per heavy atom. The maximum atomic E-state index is 4.45. The predicted molar refractivity (Wildman–Crippen MR) is 126 cm³/mol. The molecule has 6 heteroatoms. The molecule has 3 aromatic heterocycles. The number of hydrogen-bond donors (Lipinski definition) is 0. The minimum absolute atomic E-state index is 0.735. The summed E-state index contributed by atoms with van der Waals surface area (Å²) in [6.07, 6.45) is 17.8. The van der Waals surface area contributed by atoms with Gasteiger partial charge in [-0.05, 0) is 74.5 Å². The molecule has 2 fully saturated rings. The summed E-state index contributed by atoms with van der Waals surface area (Å²) in [5.41, 5.74) is 2.49. The van der Waals surface area contributed by atoms with Crippen molar-refractivity contribution in [1.82, 2.24) is 29.3 Å². The molecule has 1 aliphatic carbocycles. The van der Waals surface area contributed by atoms with E-state index in [1.54, 1.807) is 12.4 Å². The second-order valence-electron chi connectivity index (χ2n) is 9.37. The van der Waals surface area contributed by atoms with Gasteiger partial charge in [0.05, 0.1) is 0 Å². The Hall–Kier alpha value is -2.57. The van der Waals surface area contributed by atoms with Crippen LogP contribution in [0.1, 0.15) is 49.8 Å². The number of nitrogens with zero attached hydrogens (tertiary/aromatic N) is 6. The van der Waals surface area contributed by atoms with Crippen LogP contribution in [0.25, 0.3) is 5.95 Å². The smallest absolute Gasteiger partial charge is 0.233 e. The minimum Gasteiger partial charge on any atom is -0.300 e. The lowest BCUT2D eigenvalue weighted by Crippen LogP contribution is -2.42. The zero-order valence-electron chi connectivity index (χ0n) is 18.9. The van der Waals surface area contributed by atoms with Crippen molar-refractivity contribution in [1.29, 1.82) is 0 Å². The van der Waals surface area contributed by atoms with Gasteiger partial charge in [-0.3, -0.25) is 14.5 Å². The normalized spacial score (nSPS) is 18.5. The first-order valence-electron chi connectivity index (χ1n) is 12.1. The maximum Gasteiger partial charge on any atom is 0.233 e. The van der Waals surface area contributed by atoms with Gasteiger partial charge >= 0.3 is 0 Å². The molecule has 0 spiro atoms. The van der Waals surface area contributed by atoms with Crippen LogP contribution < -0.4 is 0 Å². The van der Waals surface area contributed by atoms with E-state index in [1.807, 2.05) is 24.5 Å². The van der Waals surface area contributed by atoms with Gasteiger partial charge in [0.2, 0.25) is 5.95 Å². The molecule has 32 heavy (non-hydrogen) atoms. The summed E-state index contributed by atoms with van der Waals surface area (Å²) < 4.78 is 2.11. The van der Waals surface area contributed by atoms with E-state index < -0.39 is 0 Å². The fourth-order valence-electron chi connectivity index (χ4n) is 5.46. The first-order chi connectivity index (χ1) is 15.8. The van der Waals surface area contributed by atoms with Gasteiger partial charge in [0.1, 0.15) is 0 Å². The Bertz CT molecular complexity index is 943. The second kappa shape index (κ2) is 10.4. The summed E-state index contributed by atoms with van der Waals surface area (Å²) in [4.78, 5) is 18.6. The Morgan fingerprint density at radius 3 is 2.44 bits per heavy atom. The molecular formula is C26H34N6. The van der Waals surface area contributed by atoms with Crippen molar-refractivity contribution < 1.29 is 0 Å². The molecule has 2 aliphatic rings. The standard InChI is InChI=1S/C26H34N6/c1-2-8-24(7-1)31-16-10-22(11-17-31)19-30(20-23-6-3-12-27-18-23)21-25-9-4-15-32(25)26-28-13-5-14-29-26/h3-6,9,12-15,18,22,24H,1-2,7-8,10-11,16-17,19-21H2. The van der Waals surface area contributed by atoms with Crippen molar-refractivity contribution in [2.75, 3.05) is 19.6 Å². The number of aromatic nitrogens is 4. The van der Waals surface area contributed by atoms with E-state index in [2.05, 4.69) is 53.7 Å². The first-order valence-corrected chi connectivity index (χ1v) is 12.1. The average Bonchev–Trinajstić information content (AvgIpc) is 3.53. The minimum atomic E-state index is 0.735. The van der Waals surface area contributed by atoms with Crippen LogP contribution in [-0.2, 0) is 13.1 Å². The van der Waals surface area contributed by atoms with Crippen molar-refractivity contribution in [3.63, 3.8) is 0 Å². The van der Waals surface area contributed by atoms with Crippen molar-refractivity contribution in [3.8, 4) is 5.95 Å². The number of piperidine rings is 1. The molecular weight excluding hydrogens is 396 g/mol. The lowest BCUT2D eigenvalue weighted by molar-refractivity contribution is 0.106. The van der Waals surface area contributed by atoms with Crippen molar-refractivity contribution in [2.24, 2.45) is 5.92 Å². The summed E-state index contributed by atoms with van der Waals surface area (Å²) in [6, 6.07) is 11.2. The predicted octanol–water partition coefficient (Wildman–Crippen LogP) is 4.32.